The van der Waals surface area contributed by atoms with Gasteiger partial charge in [-0.05, 0) is 40.3 Å². The first-order valence-corrected chi connectivity index (χ1v) is 6.56. The lowest BCUT2D eigenvalue weighted by molar-refractivity contribution is -0.136. The van der Waals surface area contributed by atoms with Crippen LogP contribution in [0.25, 0.3) is 5.65 Å². The van der Waals surface area contributed by atoms with Crippen molar-refractivity contribution in [1.82, 2.24) is 25.3 Å². The number of carbonyl (C=O) groups is 1. The summed E-state index contributed by atoms with van der Waals surface area (Å²) in [4.78, 5) is 11.6. The van der Waals surface area contributed by atoms with Gasteiger partial charge in [-0.25, -0.2) is 0 Å². The molecule has 2 aromatic heterocycles. The molecule has 8 heteroatoms. The minimum Gasteiger partial charge on any atom is -0.481 e. The van der Waals surface area contributed by atoms with E-state index in [9.17, 15) is 4.79 Å². The third-order valence-electron chi connectivity index (χ3n) is 2.55. The minimum absolute atomic E-state index is 0.0276. The summed E-state index contributed by atoms with van der Waals surface area (Å²) in [6.07, 6.45) is 0.0276. The van der Waals surface area contributed by atoms with E-state index < -0.39 is 5.97 Å². The number of aliphatic carboxylic acids is 1. The van der Waals surface area contributed by atoms with Gasteiger partial charge in [-0.2, -0.15) is 0 Å². The molecule has 0 fully saturated rings. The van der Waals surface area contributed by atoms with Gasteiger partial charge in [0.2, 0.25) is 0 Å². The molecule has 0 aliphatic rings. The summed E-state index contributed by atoms with van der Waals surface area (Å²) in [6.45, 7) is 0. The average Bonchev–Trinajstić information content (AvgIpc) is 2.88. The van der Waals surface area contributed by atoms with E-state index in [0.29, 0.717) is 5.65 Å². The van der Waals surface area contributed by atoms with Crippen molar-refractivity contribution in [2.24, 2.45) is 0 Å². The SMILES string of the molecule is O=C(O)Cc1ccc(Sc2ccc3nnnn3n2)cc1. The monoisotopic (exact) mass is 287 g/mol. The van der Waals surface area contributed by atoms with Crippen molar-refractivity contribution >= 4 is 23.4 Å². The molecule has 1 aromatic carbocycles. The van der Waals surface area contributed by atoms with Gasteiger partial charge in [-0.1, -0.05) is 23.9 Å². The number of rotatable bonds is 4. The van der Waals surface area contributed by atoms with Gasteiger partial charge in [0.05, 0.1) is 6.42 Å². The fraction of sp³-hybridized carbons (Fsp3) is 0.0833. The van der Waals surface area contributed by atoms with E-state index in [-0.39, 0.29) is 6.42 Å². The van der Waals surface area contributed by atoms with Crippen molar-refractivity contribution in [3.8, 4) is 0 Å². The van der Waals surface area contributed by atoms with Crippen molar-refractivity contribution in [3.05, 3.63) is 42.0 Å². The highest BCUT2D eigenvalue weighted by Crippen LogP contribution is 2.25. The smallest absolute Gasteiger partial charge is 0.307 e. The normalized spacial score (nSPS) is 10.8. The van der Waals surface area contributed by atoms with Gasteiger partial charge in [-0.3, -0.25) is 4.79 Å². The molecule has 3 rings (SSSR count). The summed E-state index contributed by atoms with van der Waals surface area (Å²) < 4.78 is 1.36. The molecule has 0 radical (unpaired) electrons. The van der Waals surface area contributed by atoms with Crippen LogP contribution in [0.1, 0.15) is 5.56 Å². The molecule has 100 valence electrons. The molecule has 0 aliphatic carbocycles. The maximum absolute atomic E-state index is 10.6. The molecule has 0 saturated heterocycles. The number of tetrazole rings is 1. The molecule has 0 bridgehead atoms. The molecule has 0 saturated carbocycles. The van der Waals surface area contributed by atoms with Crippen LogP contribution in [0.4, 0.5) is 0 Å². The highest BCUT2D eigenvalue weighted by Gasteiger charge is 2.04. The van der Waals surface area contributed by atoms with E-state index in [2.05, 4.69) is 20.6 Å². The summed E-state index contributed by atoms with van der Waals surface area (Å²) >= 11 is 1.46. The van der Waals surface area contributed by atoms with Crippen molar-refractivity contribution in [2.75, 3.05) is 0 Å². The van der Waals surface area contributed by atoms with Gasteiger partial charge in [0.25, 0.3) is 0 Å². The third-order valence-corrected chi connectivity index (χ3v) is 3.48. The number of nitrogens with zero attached hydrogens (tertiary/aromatic N) is 5. The van der Waals surface area contributed by atoms with Crippen LogP contribution in [0.5, 0.6) is 0 Å². The topological polar surface area (TPSA) is 93.3 Å². The first-order valence-electron chi connectivity index (χ1n) is 5.75. The van der Waals surface area contributed by atoms with Crippen LogP contribution < -0.4 is 0 Å². The molecule has 7 nitrogen and oxygen atoms in total. The average molecular weight is 287 g/mol. The second-order valence-corrected chi connectivity index (χ2v) is 5.11. The summed E-state index contributed by atoms with van der Waals surface area (Å²) in [5.74, 6) is -0.837. The van der Waals surface area contributed by atoms with Crippen LogP contribution in [-0.4, -0.2) is 36.3 Å². The molecule has 2 heterocycles. The molecule has 0 amide bonds. The molecular formula is C12H9N5O2S. The summed E-state index contributed by atoms with van der Waals surface area (Å²) in [7, 11) is 0. The minimum atomic E-state index is -0.837. The van der Waals surface area contributed by atoms with Crippen LogP contribution in [0, 0.1) is 0 Å². The highest BCUT2D eigenvalue weighted by molar-refractivity contribution is 7.99. The zero-order valence-corrected chi connectivity index (χ0v) is 11.0. The van der Waals surface area contributed by atoms with Crippen LogP contribution in [-0.2, 0) is 11.2 Å². The number of benzene rings is 1. The van der Waals surface area contributed by atoms with Crippen LogP contribution >= 0.6 is 11.8 Å². The van der Waals surface area contributed by atoms with E-state index in [1.807, 2.05) is 18.2 Å². The molecule has 0 aliphatic heterocycles. The second kappa shape index (κ2) is 5.25. The molecule has 0 unspecified atom stereocenters. The Morgan fingerprint density at radius 3 is 2.75 bits per heavy atom. The Morgan fingerprint density at radius 2 is 2.00 bits per heavy atom. The predicted octanol–water partition coefficient (Wildman–Crippen LogP) is 1.30. The van der Waals surface area contributed by atoms with Gasteiger partial charge in [-0.15, -0.1) is 14.8 Å². The maximum Gasteiger partial charge on any atom is 0.307 e. The lowest BCUT2D eigenvalue weighted by Crippen LogP contribution is -1.99. The molecular weight excluding hydrogens is 278 g/mol. The van der Waals surface area contributed by atoms with Crippen LogP contribution in [0.3, 0.4) is 0 Å². The van der Waals surface area contributed by atoms with Gasteiger partial charge < -0.3 is 5.11 Å². The lowest BCUT2D eigenvalue weighted by Gasteiger charge is -2.02. The number of carboxylic acid groups (broad SMARTS) is 1. The molecule has 1 N–H and O–H groups in total. The zero-order chi connectivity index (χ0) is 13.9. The van der Waals surface area contributed by atoms with Gasteiger partial charge in [0.1, 0.15) is 5.03 Å². The largest absolute Gasteiger partial charge is 0.481 e. The maximum atomic E-state index is 10.6. The quantitative estimate of drug-likeness (QED) is 0.772. The number of aromatic nitrogens is 5. The standard InChI is InChI=1S/C12H9N5O2S/c18-12(19)7-8-1-3-9(4-2-8)20-11-6-5-10-13-15-16-17(10)14-11/h1-6H,7H2,(H,18,19). The number of fused-ring (bicyclic) bond motifs is 1. The molecule has 0 spiro atoms. The number of hydrogen-bond acceptors (Lipinski definition) is 6. The van der Waals surface area contributed by atoms with E-state index >= 15 is 0 Å². The first-order chi connectivity index (χ1) is 9.70. The van der Waals surface area contributed by atoms with Gasteiger partial charge in [0.15, 0.2) is 5.65 Å². The second-order valence-electron chi connectivity index (χ2n) is 4.01. The first kappa shape index (κ1) is 12.5. The molecule has 3 aromatic rings. The third kappa shape index (κ3) is 2.75. The predicted molar refractivity (Wildman–Crippen MR) is 70.5 cm³/mol. The van der Waals surface area contributed by atoms with Crippen molar-refractivity contribution < 1.29 is 9.90 Å². The van der Waals surface area contributed by atoms with Crippen molar-refractivity contribution in [3.63, 3.8) is 0 Å². The summed E-state index contributed by atoms with van der Waals surface area (Å²) in [5, 5.41) is 24.8. The van der Waals surface area contributed by atoms with Crippen LogP contribution in [0.2, 0.25) is 0 Å². The Morgan fingerprint density at radius 1 is 1.20 bits per heavy atom. The van der Waals surface area contributed by atoms with Gasteiger partial charge in [0, 0.05) is 4.90 Å². The lowest BCUT2D eigenvalue weighted by atomic mass is 10.2. The Hall–Kier alpha value is -2.48. The Kier molecular flexibility index (Phi) is 3.30. The van der Waals surface area contributed by atoms with E-state index in [1.54, 1.807) is 18.2 Å². The van der Waals surface area contributed by atoms with E-state index in [4.69, 9.17) is 5.11 Å². The highest BCUT2D eigenvalue weighted by atomic mass is 32.2. The number of carboxylic acids is 1. The summed E-state index contributed by atoms with van der Waals surface area (Å²) in [6, 6.07) is 11.0. The fourth-order valence-corrected chi connectivity index (χ4v) is 2.43. The van der Waals surface area contributed by atoms with Crippen molar-refractivity contribution in [2.45, 2.75) is 16.3 Å². The van der Waals surface area contributed by atoms with Gasteiger partial charge >= 0.3 is 5.97 Å². The Labute approximate surface area is 117 Å². The zero-order valence-electron chi connectivity index (χ0n) is 10.2. The fourth-order valence-electron chi connectivity index (χ4n) is 1.66. The van der Waals surface area contributed by atoms with E-state index in [0.717, 1.165) is 15.5 Å². The Bertz CT molecular complexity index is 756. The molecule has 20 heavy (non-hydrogen) atoms. The summed E-state index contributed by atoms with van der Waals surface area (Å²) in [5.41, 5.74) is 1.36. The Balaban J connectivity index is 1.78. The molecule has 0 atom stereocenters. The van der Waals surface area contributed by atoms with E-state index in [1.165, 1.54) is 16.4 Å². The van der Waals surface area contributed by atoms with Crippen molar-refractivity contribution in [1.29, 1.82) is 0 Å². The van der Waals surface area contributed by atoms with Crippen LogP contribution in [0.15, 0.2) is 46.3 Å². The number of hydrogen-bond donors (Lipinski definition) is 1.